The van der Waals surface area contributed by atoms with E-state index in [0.29, 0.717) is 17.1 Å². The first-order valence-corrected chi connectivity index (χ1v) is 8.16. The lowest BCUT2D eigenvalue weighted by molar-refractivity contribution is -0.384. The quantitative estimate of drug-likeness (QED) is 0.465. The molecule has 10 nitrogen and oxygen atoms in total. The summed E-state index contributed by atoms with van der Waals surface area (Å²) in [5, 5.41) is 26.3. The van der Waals surface area contributed by atoms with Crippen molar-refractivity contribution >= 4 is 17.4 Å². The first-order valence-electron chi connectivity index (χ1n) is 8.16. The molecule has 0 saturated heterocycles. The van der Waals surface area contributed by atoms with Crippen LogP contribution in [0.2, 0.25) is 0 Å². The number of nitro benzene ring substituents is 1. The lowest BCUT2D eigenvalue weighted by Crippen LogP contribution is -2.32. The molecule has 1 unspecified atom stereocenters. The fourth-order valence-corrected chi connectivity index (χ4v) is 2.47. The molecule has 0 radical (unpaired) electrons. The van der Waals surface area contributed by atoms with Crippen molar-refractivity contribution in [3.05, 3.63) is 52.1 Å². The van der Waals surface area contributed by atoms with Crippen molar-refractivity contribution < 1.29 is 29.0 Å². The number of methoxy groups -OCH3 is 3. The highest BCUT2D eigenvalue weighted by molar-refractivity contribution is 5.91. The zero-order valence-corrected chi connectivity index (χ0v) is 15.6. The molecule has 3 N–H and O–H groups in total. The van der Waals surface area contributed by atoms with Crippen LogP contribution in [0, 0.1) is 10.1 Å². The fraction of sp³-hybridized carbons (Fsp3) is 0.278. The highest BCUT2D eigenvalue weighted by atomic mass is 16.6. The number of non-ortho nitro benzene ring substituents is 1. The van der Waals surface area contributed by atoms with Gasteiger partial charge in [0.1, 0.15) is 23.4 Å². The number of aliphatic hydroxyl groups is 1. The molecule has 0 heterocycles. The van der Waals surface area contributed by atoms with Gasteiger partial charge < -0.3 is 30.0 Å². The standard InChI is InChI=1S/C18H21N3O7/c1-26-12-5-7-16(27-2)13(9-12)15(22)10-19-18(23)20-14-8-11(21(24)25)4-6-17(14)28-3/h4-9,15,22H,10H2,1-3H3,(H2,19,20,23). The number of aliphatic hydroxyl groups excluding tert-OH is 1. The van der Waals surface area contributed by atoms with Crippen molar-refractivity contribution in [2.24, 2.45) is 0 Å². The van der Waals surface area contributed by atoms with Crippen LogP contribution >= 0.6 is 0 Å². The Labute approximate surface area is 161 Å². The highest BCUT2D eigenvalue weighted by Gasteiger charge is 2.17. The minimum Gasteiger partial charge on any atom is -0.497 e. The minimum absolute atomic E-state index is 0.127. The Bertz CT molecular complexity index is 857. The number of urea groups is 1. The molecule has 0 aromatic heterocycles. The molecular weight excluding hydrogens is 370 g/mol. The first kappa shape index (κ1) is 20.8. The van der Waals surface area contributed by atoms with E-state index in [1.807, 2.05) is 0 Å². The average Bonchev–Trinajstić information content (AvgIpc) is 2.71. The van der Waals surface area contributed by atoms with Crippen molar-refractivity contribution in [1.29, 1.82) is 0 Å². The van der Waals surface area contributed by atoms with Gasteiger partial charge in [0.05, 0.1) is 31.9 Å². The summed E-state index contributed by atoms with van der Waals surface area (Å²) in [5.74, 6) is 1.23. The summed E-state index contributed by atoms with van der Waals surface area (Å²) in [7, 11) is 4.34. The van der Waals surface area contributed by atoms with E-state index in [9.17, 15) is 20.0 Å². The second-order valence-electron chi connectivity index (χ2n) is 5.60. The monoisotopic (exact) mass is 391 g/mol. The van der Waals surface area contributed by atoms with Crippen LogP contribution in [0.25, 0.3) is 0 Å². The maximum absolute atomic E-state index is 12.2. The smallest absolute Gasteiger partial charge is 0.319 e. The van der Waals surface area contributed by atoms with Gasteiger partial charge in [0, 0.05) is 24.2 Å². The average molecular weight is 391 g/mol. The molecule has 0 aliphatic rings. The van der Waals surface area contributed by atoms with Crippen LogP contribution in [-0.4, -0.2) is 43.9 Å². The Kier molecular flexibility index (Phi) is 6.99. The molecule has 0 bridgehead atoms. The van der Waals surface area contributed by atoms with Gasteiger partial charge in [-0.25, -0.2) is 4.79 Å². The van der Waals surface area contributed by atoms with Crippen molar-refractivity contribution in [1.82, 2.24) is 5.32 Å². The first-order chi connectivity index (χ1) is 13.4. The van der Waals surface area contributed by atoms with Gasteiger partial charge in [-0.2, -0.15) is 0 Å². The number of anilines is 1. The van der Waals surface area contributed by atoms with Crippen molar-refractivity contribution in [2.75, 3.05) is 33.2 Å². The van der Waals surface area contributed by atoms with Crippen LogP contribution in [-0.2, 0) is 0 Å². The molecule has 0 aliphatic heterocycles. The van der Waals surface area contributed by atoms with Gasteiger partial charge in [-0.3, -0.25) is 10.1 Å². The number of nitro groups is 1. The van der Waals surface area contributed by atoms with E-state index in [-0.39, 0.29) is 23.7 Å². The zero-order valence-electron chi connectivity index (χ0n) is 15.6. The molecule has 0 saturated carbocycles. The van der Waals surface area contributed by atoms with Crippen LogP contribution in [0.15, 0.2) is 36.4 Å². The van der Waals surface area contributed by atoms with Crippen LogP contribution < -0.4 is 24.8 Å². The minimum atomic E-state index is -1.07. The predicted molar refractivity (Wildman–Crippen MR) is 101 cm³/mol. The number of hydrogen-bond donors (Lipinski definition) is 3. The molecule has 0 spiro atoms. The van der Waals surface area contributed by atoms with Gasteiger partial charge in [0.15, 0.2) is 0 Å². The van der Waals surface area contributed by atoms with Crippen molar-refractivity contribution in [3.8, 4) is 17.2 Å². The molecular formula is C18H21N3O7. The van der Waals surface area contributed by atoms with E-state index in [1.165, 1.54) is 39.5 Å². The summed E-state index contributed by atoms with van der Waals surface area (Å²) in [4.78, 5) is 22.5. The van der Waals surface area contributed by atoms with E-state index in [4.69, 9.17) is 14.2 Å². The zero-order chi connectivity index (χ0) is 20.7. The Hall–Kier alpha value is -3.53. The molecule has 2 rings (SSSR count). The van der Waals surface area contributed by atoms with Crippen LogP contribution in [0.1, 0.15) is 11.7 Å². The van der Waals surface area contributed by atoms with Gasteiger partial charge in [-0.15, -0.1) is 0 Å². The number of carbonyl (C=O) groups is 1. The number of carbonyl (C=O) groups excluding carboxylic acids is 1. The summed E-state index contributed by atoms with van der Waals surface area (Å²) >= 11 is 0. The molecule has 10 heteroatoms. The third kappa shape index (κ3) is 5.01. The second-order valence-corrected chi connectivity index (χ2v) is 5.60. The summed E-state index contributed by atoms with van der Waals surface area (Å²) in [6.07, 6.45) is -1.07. The van der Waals surface area contributed by atoms with Gasteiger partial charge in [-0.1, -0.05) is 0 Å². The third-order valence-corrected chi connectivity index (χ3v) is 3.89. The number of ether oxygens (including phenoxy) is 3. The lowest BCUT2D eigenvalue weighted by Gasteiger charge is -2.17. The topological polar surface area (TPSA) is 132 Å². The number of hydrogen-bond acceptors (Lipinski definition) is 7. The van der Waals surface area contributed by atoms with Gasteiger partial charge in [0.25, 0.3) is 5.69 Å². The Morgan fingerprint density at radius 3 is 2.39 bits per heavy atom. The van der Waals surface area contributed by atoms with Crippen molar-refractivity contribution in [3.63, 3.8) is 0 Å². The molecule has 2 aromatic carbocycles. The summed E-state index contributed by atoms with van der Waals surface area (Å²) < 4.78 is 15.4. The number of nitrogens with zero attached hydrogens (tertiary/aromatic N) is 1. The third-order valence-electron chi connectivity index (χ3n) is 3.89. The Morgan fingerprint density at radius 1 is 1.11 bits per heavy atom. The molecule has 0 aliphatic carbocycles. The Morgan fingerprint density at radius 2 is 1.79 bits per heavy atom. The highest BCUT2D eigenvalue weighted by Crippen LogP contribution is 2.30. The number of rotatable bonds is 8. The van der Waals surface area contributed by atoms with Crippen LogP contribution in [0.5, 0.6) is 17.2 Å². The Balaban J connectivity index is 2.07. The molecule has 1 atom stereocenters. The molecule has 0 fully saturated rings. The number of amides is 2. The lowest BCUT2D eigenvalue weighted by atomic mass is 10.1. The number of benzene rings is 2. The van der Waals surface area contributed by atoms with Gasteiger partial charge in [-0.05, 0) is 24.3 Å². The maximum Gasteiger partial charge on any atom is 0.319 e. The summed E-state index contributed by atoms with van der Waals surface area (Å²) in [5.41, 5.74) is 0.370. The molecule has 2 aromatic rings. The maximum atomic E-state index is 12.2. The summed E-state index contributed by atoms with van der Waals surface area (Å²) in [6.45, 7) is -0.132. The van der Waals surface area contributed by atoms with E-state index in [2.05, 4.69) is 10.6 Å². The SMILES string of the molecule is COc1ccc(OC)c(C(O)CNC(=O)Nc2cc([N+](=O)[O-])ccc2OC)c1. The summed E-state index contributed by atoms with van der Waals surface area (Å²) in [6, 6.07) is 8.09. The molecule has 2 amide bonds. The number of nitrogens with one attached hydrogen (secondary N) is 2. The molecule has 28 heavy (non-hydrogen) atoms. The van der Waals surface area contributed by atoms with Gasteiger partial charge >= 0.3 is 6.03 Å². The van der Waals surface area contributed by atoms with E-state index < -0.39 is 17.1 Å². The van der Waals surface area contributed by atoms with E-state index >= 15 is 0 Å². The van der Waals surface area contributed by atoms with Crippen LogP contribution in [0.4, 0.5) is 16.2 Å². The van der Waals surface area contributed by atoms with E-state index in [1.54, 1.807) is 18.2 Å². The second kappa shape index (κ2) is 9.42. The normalized spacial score (nSPS) is 11.3. The van der Waals surface area contributed by atoms with Crippen molar-refractivity contribution in [2.45, 2.75) is 6.10 Å². The van der Waals surface area contributed by atoms with E-state index in [0.717, 1.165) is 0 Å². The van der Waals surface area contributed by atoms with Crippen LogP contribution in [0.3, 0.4) is 0 Å². The van der Waals surface area contributed by atoms with Gasteiger partial charge in [0.2, 0.25) is 0 Å². The fourth-order valence-electron chi connectivity index (χ4n) is 2.47. The molecule has 150 valence electrons. The largest absolute Gasteiger partial charge is 0.497 e. The predicted octanol–water partition coefficient (Wildman–Crippen LogP) is 2.48.